The topological polar surface area (TPSA) is 34.1 Å². The molecule has 1 fully saturated rings. The molecule has 0 spiro atoms. The van der Waals surface area contributed by atoms with E-state index < -0.39 is 0 Å². The van der Waals surface area contributed by atoms with E-state index in [0.717, 1.165) is 19.3 Å². The average Bonchev–Trinajstić information content (AvgIpc) is 2.42. The summed E-state index contributed by atoms with van der Waals surface area (Å²) in [5, 5.41) is 0. The summed E-state index contributed by atoms with van der Waals surface area (Å²) >= 11 is 0. The zero-order valence-corrected chi connectivity index (χ0v) is 9.77. The molecule has 0 saturated heterocycles. The van der Waals surface area contributed by atoms with Crippen LogP contribution in [0.25, 0.3) is 0 Å². The first-order valence-electron chi connectivity index (χ1n) is 5.59. The maximum Gasteiger partial charge on any atom is 0.133 e. The van der Waals surface area contributed by atoms with Crippen LogP contribution < -0.4 is 0 Å². The molecule has 1 atom stereocenters. The molecule has 2 nitrogen and oxygen atoms in total. The summed E-state index contributed by atoms with van der Waals surface area (Å²) in [4.78, 5) is 22.4. The van der Waals surface area contributed by atoms with Crippen molar-refractivity contribution in [1.82, 2.24) is 0 Å². The minimum Gasteiger partial charge on any atom is -0.300 e. The van der Waals surface area contributed by atoms with Crippen LogP contribution >= 0.6 is 0 Å². The Morgan fingerprint density at radius 3 is 2.53 bits per heavy atom. The minimum absolute atomic E-state index is 0.101. The maximum absolute atomic E-state index is 11.6. The van der Waals surface area contributed by atoms with Crippen molar-refractivity contribution in [2.24, 2.45) is 5.41 Å². The maximum atomic E-state index is 11.6. The lowest BCUT2D eigenvalue weighted by Crippen LogP contribution is -2.17. The fourth-order valence-corrected chi connectivity index (χ4v) is 2.29. The van der Waals surface area contributed by atoms with E-state index in [0.29, 0.717) is 19.3 Å². The number of allylic oxidation sites excluding steroid dienone is 1. The van der Waals surface area contributed by atoms with E-state index in [2.05, 4.69) is 13.5 Å². The molecule has 1 aliphatic carbocycles. The van der Waals surface area contributed by atoms with Gasteiger partial charge in [-0.1, -0.05) is 19.1 Å². The number of rotatable bonds is 5. The summed E-state index contributed by atoms with van der Waals surface area (Å²) in [6, 6.07) is 0. The Hall–Kier alpha value is -0.920. The molecule has 0 aliphatic heterocycles. The van der Waals surface area contributed by atoms with Crippen LogP contribution in [0.2, 0.25) is 0 Å². The van der Waals surface area contributed by atoms with Crippen LogP contribution in [0, 0.1) is 5.41 Å². The van der Waals surface area contributed by atoms with Gasteiger partial charge in [-0.3, -0.25) is 4.79 Å². The standard InChI is InChI=1S/C13H20O2/c1-10-6-7-13(3,8-10)9-12(15)5-4-11(2)14/h1,4-9H2,2-3H3. The monoisotopic (exact) mass is 208 g/mol. The Morgan fingerprint density at radius 1 is 1.40 bits per heavy atom. The molecular formula is C13H20O2. The molecule has 1 rings (SSSR count). The molecule has 84 valence electrons. The van der Waals surface area contributed by atoms with Crippen LogP contribution in [0.5, 0.6) is 0 Å². The van der Waals surface area contributed by atoms with E-state index in [1.807, 2.05) is 0 Å². The number of carbonyl (C=O) groups excluding carboxylic acids is 2. The Balaban J connectivity index is 2.37. The van der Waals surface area contributed by atoms with Crippen molar-refractivity contribution in [2.45, 2.75) is 52.4 Å². The second kappa shape index (κ2) is 4.73. The van der Waals surface area contributed by atoms with Gasteiger partial charge in [0, 0.05) is 19.3 Å². The normalized spacial score (nSPS) is 25.6. The van der Waals surface area contributed by atoms with E-state index in [1.165, 1.54) is 12.5 Å². The Morgan fingerprint density at radius 2 is 2.07 bits per heavy atom. The summed E-state index contributed by atoms with van der Waals surface area (Å²) in [6.07, 6.45) is 4.51. The van der Waals surface area contributed by atoms with Crippen molar-refractivity contribution in [3.63, 3.8) is 0 Å². The highest BCUT2D eigenvalue weighted by Gasteiger charge is 2.32. The zero-order valence-electron chi connectivity index (χ0n) is 9.77. The lowest BCUT2D eigenvalue weighted by atomic mass is 9.82. The average molecular weight is 208 g/mol. The predicted octanol–water partition coefficient (Wildman–Crippen LogP) is 3.06. The van der Waals surface area contributed by atoms with Gasteiger partial charge in [-0.2, -0.15) is 0 Å². The number of Topliss-reactive ketones (excluding diaryl/α,β-unsaturated/α-hetero) is 2. The second-order valence-electron chi connectivity index (χ2n) is 5.15. The van der Waals surface area contributed by atoms with Crippen molar-refractivity contribution >= 4 is 11.6 Å². The number of carbonyl (C=O) groups is 2. The van der Waals surface area contributed by atoms with E-state index in [9.17, 15) is 9.59 Å². The summed E-state index contributed by atoms with van der Waals surface area (Å²) < 4.78 is 0. The van der Waals surface area contributed by atoms with Crippen LogP contribution in [-0.2, 0) is 9.59 Å². The number of ketones is 2. The fraction of sp³-hybridized carbons (Fsp3) is 0.692. The Labute approximate surface area is 91.7 Å². The van der Waals surface area contributed by atoms with Crippen LogP contribution in [0.1, 0.15) is 52.4 Å². The molecule has 1 unspecified atom stereocenters. The molecular weight excluding hydrogens is 188 g/mol. The summed E-state index contributed by atoms with van der Waals surface area (Å²) in [5.74, 6) is 0.326. The van der Waals surface area contributed by atoms with Gasteiger partial charge >= 0.3 is 0 Å². The third-order valence-corrected chi connectivity index (χ3v) is 3.14. The first-order valence-corrected chi connectivity index (χ1v) is 5.59. The quantitative estimate of drug-likeness (QED) is 0.651. The van der Waals surface area contributed by atoms with Gasteiger partial charge in [-0.15, -0.1) is 0 Å². The zero-order chi connectivity index (χ0) is 11.5. The fourth-order valence-electron chi connectivity index (χ4n) is 2.29. The molecule has 0 bridgehead atoms. The van der Waals surface area contributed by atoms with E-state index >= 15 is 0 Å². The summed E-state index contributed by atoms with van der Waals surface area (Å²) in [7, 11) is 0. The SMILES string of the molecule is C=C1CCC(C)(CC(=O)CCC(C)=O)C1. The minimum atomic E-state index is 0.101. The molecule has 0 aromatic heterocycles. The van der Waals surface area contributed by atoms with Crippen molar-refractivity contribution in [2.75, 3.05) is 0 Å². The summed E-state index contributed by atoms with van der Waals surface area (Å²) in [5.41, 5.74) is 1.38. The van der Waals surface area contributed by atoms with Gasteiger partial charge in [0.1, 0.15) is 11.6 Å². The van der Waals surface area contributed by atoms with E-state index in [-0.39, 0.29) is 17.0 Å². The lowest BCUT2D eigenvalue weighted by Gasteiger charge is -2.21. The van der Waals surface area contributed by atoms with Gasteiger partial charge in [0.15, 0.2) is 0 Å². The predicted molar refractivity (Wildman–Crippen MR) is 60.6 cm³/mol. The molecule has 1 aliphatic rings. The summed E-state index contributed by atoms with van der Waals surface area (Å²) in [6.45, 7) is 7.65. The van der Waals surface area contributed by atoms with Gasteiger partial charge in [0.05, 0.1) is 0 Å². The molecule has 15 heavy (non-hydrogen) atoms. The van der Waals surface area contributed by atoms with Gasteiger partial charge in [-0.05, 0) is 31.6 Å². The van der Waals surface area contributed by atoms with E-state index in [1.54, 1.807) is 0 Å². The van der Waals surface area contributed by atoms with Gasteiger partial charge in [-0.25, -0.2) is 0 Å². The number of hydrogen-bond acceptors (Lipinski definition) is 2. The van der Waals surface area contributed by atoms with Gasteiger partial charge in [0.25, 0.3) is 0 Å². The lowest BCUT2D eigenvalue weighted by molar-refractivity contribution is -0.124. The molecule has 0 radical (unpaired) electrons. The van der Waals surface area contributed by atoms with Crippen LogP contribution in [-0.4, -0.2) is 11.6 Å². The molecule has 1 saturated carbocycles. The van der Waals surface area contributed by atoms with Crippen LogP contribution in [0.4, 0.5) is 0 Å². The van der Waals surface area contributed by atoms with Gasteiger partial charge < -0.3 is 4.79 Å². The number of hydrogen-bond donors (Lipinski definition) is 0. The second-order valence-corrected chi connectivity index (χ2v) is 5.15. The smallest absolute Gasteiger partial charge is 0.133 e. The largest absolute Gasteiger partial charge is 0.300 e. The molecule has 0 aromatic rings. The first-order chi connectivity index (χ1) is 6.91. The molecule has 0 amide bonds. The third kappa shape index (κ3) is 3.98. The van der Waals surface area contributed by atoms with Crippen molar-refractivity contribution < 1.29 is 9.59 Å². The van der Waals surface area contributed by atoms with Crippen molar-refractivity contribution in [1.29, 1.82) is 0 Å². The highest BCUT2D eigenvalue weighted by molar-refractivity contribution is 5.85. The Kier molecular flexibility index (Phi) is 3.83. The molecule has 0 N–H and O–H groups in total. The molecule has 0 aromatic carbocycles. The first kappa shape index (κ1) is 12.2. The van der Waals surface area contributed by atoms with Crippen molar-refractivity contribution in [3.8, 4) is 0 Å². The van der Waals surface area contributed by atoms with Crippen LogP contribution in [0.15, 0.2) is 12.2 Å². The highest BCUT2D eigenvalue weighted by Crippen LogP contribution is 2.43. The van der Waals surface area contributed by atoms with Crippen molar-refractivity contribution in [3.05, 3.63) is 12.2 Å². The van der Waals surface area contributed by atoms with E-state index in [4.69, 9.17) is 0 Å². The third-order valence-electron chi connectivity index (χ3n) is 3.14. The highest BCUT2D eigenvalue weighted by atomic mass is 16.1. The van der Waals surface area contributed by atoms with Crippen LogP contribution in [0.3, 0.4) is 0 Å². The van der Waals surface area contributed by atoms with Gasteiger partial charge in [0.2, 0.25) is 0 Å². The molecule has 0 heterocycles. The molecule has 2 heteroatoms. The Bertz CT molecular complexity index is 291.